The van der Waals surface area contributed by atoms with Crippen LogP contribution in [0.1, 0.15) is 53.0 Å². The van der Waals surface area contributed by atoms with Crippen LogP contribution in [-0.4, -0.2) is 64.9 Å². The smallest absolute Gasteiger partial charge is 0.414 e. The van der Waals surface area contributed by atoms with Crippen LogP contribution in [0, 0.1) is 11.8 Å². The molecule has 2 aliphatic carbocycles. The predicted molar refractivity (Wildman–Crippen MR) is 169 cm³/mol. The lowest BCUT2D eigenvalue weighted by atomic mass is 9.98. The van der Waals surface area contributed by atoms with Crippen LogP contribution in [0.4, 0.5) is 23.7 Å². The number of alkyl halides is 3. The highest BCUT2D eigenvalue weighted by atomic mass is 19.4. The van der Waals surface area contributed by atoms with Crippen molar-refractivity contribution in [2.24, 2.45) is 21.9 Å². The number of amides is 3. The quantitative estimate of drug-likeness (QED) is 0.356. The Labute approximate surface area is 265 Å². The number of halogens is 3. The van der Waals surface area contributed by atoms with E-state index in [1.807, 2.05) is 19.9 Å². The van der Waals surface area contributed by atoms with Crippen LogP contribution in [0.2, 0.25) is 0 Å². The molecule has 1 saturated carbocycles. The summed E-state index contributed by atoms with van der Waals surface area (Å²) in [6.07, 6.45) is 4.84. The maximum Gasteiger partial charge on any atom is 0.414 e. The van der Waals surface area contributed by atoms with E-state index in [9.17, 15) is 27.6 Å². The molecule has 2 heterocycles. The van der Waals surface area contributed by atoms with Gasteiger partial charge in [0.2, 0.25) is 0 Å². The van der Waals surface area contributed by atoms with E-state index in [1.165, 1.54) is 12.3 Å². The lowest BCUT2D eigenvalue weighted by molar-refractivity contribution is -0.160. The average molecular weight is 639 g/mol. The minimum absolute atomic E-state index is 0.0284. The number of fused-ring (bicyclic) bond motifs is 1. The maximum atomic E-state index is 13.7. The largest absolute Gasteiger partial charge is 0.458 e. The van der Waals surface area contributed by atoms with Gasteiger partial charge in [0.05, 0.1) is 22.9 Å². The number of amidine groups is 1. The van der Waals surface area contributed by atoms with Gasteiger partial charge in [-0.15, -0.1) is 0 Å². The lowest BCUT2D eigenvalue weighted by Gasteiger charge is -2.28. The number of anilines is 1. The topological polar surface area (TPSA) is 124 Å². The summed E-state index contributed by atoms with van der Waals surface area (Å²) in [5.41, 5.74) is -0.719. The van der Waals surface area contributed by atoms with Crippen LogP contribution in [0.5, 0.6) is 0 Å². The van der Waals surface area contributed by atoms with E-state index >= 15 is 0 Å². The predicted octanol–water partition coefficient (Wildman–Crippen LogP) is 5.48. The molecule has 3 N–H and O–H groups in total. The van der Waals surface area contributed by atoms with E-state index < -0.39 is 46.8 Å². The molecule has 1 fully saturated rings. The van der Waals surface area contributed by atoms with Crippen molar-refractivity contribution < 1.29 is 32.3 Å². The van der Waals surface area contributed by atoms with Crippen molar-refractivity contribution in [1.82, 2.24) is 15.6 Å². The molecule has 5 rings (SSSR count). The first-order valence-corrected chi connectivity index (χ1v) is 15.1. The highest BCUT2D eigenvalue weighted by Gasteiger charge is 2.67. The Hall–Kier alpha value is -4.68. The summed E-state index contributed by atoms with van der Waals surface area (Å²) in [5, 5.41) is 13.9. The number of nitrogens with one attached hydrogen (secondary N) is 3. The van der Waals surface area contributed by atoms with Crippen molar-refractivity contribution in [3.63, 3.8) is 0 Å². The molecule has 3 amide bonds. The van der Waals surface area contributed by atoms with Gasteiger partial charge in [0.15, 0.2) is 5.84 Å². The summed E-state index contributed by atoms with van der Waals surface area (Å²) in [6, 6.07) is 4.74. The monoisotopic (exact) mass is 638 g/mol. The molecule has 0 radical (unpaired) electrons. The number of aliphatic imine (C=N–C) groups is 1. The standard InChI is InChI=1S/C33H37F3N6O4/c1-19-20(2)32(19,29(44)46-31(3,4)5)41-28(43)23-16-18-38-42-26(11-8-17-37-27(23)42)21-12-14-22(15-13-21)39-30(45)40-25-10-7-6-9-24(25)33(34,35)36/h6-7,9,11-16,18-20,25H,8,10,17H2,1-5H3,(H,41,43)(H2,39,40,45)/t19-,20?,25?,32?/m0/s1. The Morgan fingerprint density at radius 1 is 1.04 bits per heavy atom. The van der Waals surface area contributed by atoms with Crippen molar-refractivity contribution in [1.29, 1.82) is 0 Å². The SMILES string of the molecule is CC1[C@H](C)C1(NC(=O)C1=CC=NN2C(c3ccc(NC(=O)NC4CC=CC=C4C(F)(F)F)cc3)=CCCN=C12)C(=O)OC(C)(C)C. The molecule has 0 aromatic heterocycles. The molecule has 13 heteroatoms. The first kappa shape index (κ1) is 32.7. The number of rotatable bonds is 6. The number of carbonyl (C=O) groups is 3. The zero-order chi connectivity index (χ0) is 33.4. The van der Waals surface area contributed by atoms with Crippen LogP contribution in [-0.2, 0) is 14.3 Å². The zero-order valence-corrected chi connectivity index (χ0v) is 26.2. The highest BCUT2D eigenvalue weighted by Crippen LogP contribution is 2.51. The molecule has 10 nitrogen and oxygen atoms in total. The van der Waals surface area contributed by atoms with Gasteiger partial charge in [0.25, 0.3) is 5.91 Å². The number of urea groups is 1. The number of carbonyl (C=O) groups excluding carboxylic acids is 3. The Bertz CT molecular complexity index is 1590. The van der Waals surface area contributed by atoms with Gasteiger partial charge in [-0.25, -0.2) is 14.6 Å². The van der Waals surface area contributed by atoms with Crippen molar-refractivity contribution in [3.05, 3.63) is 71.4 Å². The fourth-order valence-electron chi connectivity index (χ4n) is 5.77. The van der Waals surface area contributed by atoms with Crippen LogP contribution < -0.4 is 16.0 Å². The first-order valence-electron chi connectivity index (χ1n) is 15.1. The molecule has 0 bridgehead atoms. The second-order valence-corrected chi connectivity index (χ2v) is 12.7. The molecule has 2 aliphatic heterocycles. The lowest BCUT2D eigenvalue weighted by Crippen LogP contribution is -2.50. The maximum absolute atomic E-state index is 13.7. The van der Waals surface area contributed by atoms with Crippen LogP contribution in [0.3, 0.4) is 0 Å². The Morgan fingerprint density at radius 3 is 2.37 bits per heavy atom. The van der Waals surface area contributed by atoms with E-state index in [-0.39, 0.29) is 23.8 Å². The second kappa shape index (κ2) is 12.3. The van der Waals surface area contributed by atoms with Crippen molar-refractivity contribution in [2.75, 3.05) is 11.9 Å². The summed E-state index contributed by atoms with van der Waals surface area (Å²) in [6.45, 7) is 9.53. The van der Waals surface area contributed by atoms with Gasteiger partial charge >= 0.3 is 18.2 Å². The number of allylic oxidation sites excluding steroid dienone is 3. The molecule has 0 saturated heterocycles. The molecule has 244 valence electrons. The number of nitrogens with zero attached hydrogens (tertiary/aromatic N) is 3. The Morgan fingerprint density at radius 2 is 1.74 bits per heavy atom. The number of ether oxygens (including phenoxy) is 1. The first-order chi connectivity index (χ1) is 21.6. The number of hydrogen-bond donors (Lipinski definition) is 3. The molecule has 4 aliphatic rings. The zero-order valence-electron chi connectivity index (χ0n) is 26.2. The van der Waals surface area contributed by atoms with E-state index in [0.29, 0.717) is 35.7 Å². The summed E-state index contributed by atoms with van der Waals surface area (Å²) in [5.74, 6) is -0.873. The van der Waals surface area contributed by atoms with Crippen molar-refractivity contribution in [3.8, 4) is 0 Å². The van der Waals surface area contributed by atoms with E-state index in [0.717, 1.165) is 6.08 Å². The normalized spacial score (nSPS) is 25.6. The van der Waals surface area contributed by atoms with Gasteiger partial charge in [-0.3, -0.25) is 9.79 Å². The van der Waals surface area contributed by atoms with Crippen molar-refractivity contribution >= 4 is 41.3 Å². The molecule has 3 unspecified atom stereocenters. The fraction of sp³-hybridized carbons (Fsp3) is 0.424. The van der Waals surface area contributed by atoms with Gasteiger partial charge in [0, 0.05) is 24.0 Å². The third-order valence-corrected chi connectivity index (χ3v) is 8.43. The van der Waals surface area contributed by atoms with Gasteiger partial charge < -0.3 is 20.7 Å². The molecule has 0 spiro atoms. The molecule has 4 atom stereocenters. The number of hydrogen-bond acceptors (Lipinski definition) is 7. The molecule has 1 aromatic rings. The van der Waals surface area contributed by atoms with Gasteiger partial charge in [-0.2, -0.15) is 18.3 Å². The van der Waals surface area contributed by atoms with Crippen LogP contribution >= 0.6 is 0 Å². The minimum Gasteiger partial charge on any atom is -0.458 e. The number of esters is 1. The van der Waals surface area contributed by atoms with Crippen LogP contribution in [0.25, 0.3) is 5.70 Å². The second-order valence-electron chi connectivity index (χ2n) is 12.7. The third kappa shape index (κ3) is 6.63. The highest BCUT2D eigenvalue weighted by molar-refractivity contribution is 6.25. The number of benzene rings is 1. The molecular weight excluding hydrogens is 601 g/mol. The van der Waals surface area contributed by atoms with Gasteiger partial charge in [-0.05, 0) is 63.7 Å². The third-order valence-electron chi connectivity index (χ3n) is 8.43. The molecule has 46 heavy (non-hydrogen) atoms. The van der Waals surface area contributed by atoms with E-state index in [1.54, 1.807) is 62.2 Å². The summed E-state index contributed by atoms with van der Waals surface area (Å²) in [7, 11) is 0. The summed E-state index contributed by atoms with van der Waals surface area (Å²) >= 11 is 0. The fourth-order valence-corrected chi connectivity index (χ4v) is 5.77. The van der Waals surface area contributed by atoms with E-state index in [4.69, 9.17) is 4.74 Å². The molecule has 1 aromatic carbocycles. The van der Waals surface area contributed by atoms with Crippen LogP contribution in [0.15, 0.2) is 75.9 Å². The minimum atomic E-state index is -4.56. The summed E-state index contributed by atoms with van der Waals surface area (Å²) in [4.78, 5) is 44.1. The van der Waals surface area contributed by atoms with E-state index in [2.05, 4.69) is 26.0 Å². The van der Waals surface area contributed by atoms with Gasteiger partial charge in [0.1, 0.15) is 11.1 Å². The Balaban J connectivity index is 1.28. The molecular formula is C33H37F3N6O4. The number of hydrazone groups is 1. The van der Waals surface area contributed by atoms with Gasteiger partial charge in [-0.1, -0.05) is 50.3 Å². The van der Waals surface area contributed by atoms with Crippen molar-refractivity contribution in [2.45, 2.75) is 70.8 Å². The summed E-state index contributed by atoms with van der Waals surface area (Å²) < 4.78 is 45.7. The Kier molecular flexibility index (Phi) is 8.71. The average Bonchev–Trinajstić information content (AvgIpc) is 3.59.